The number of hydrogen-bond acceptors (Lipinski definition) is 4. The topological polar surface area (TPSA) is 78.2 Å². The van der Waals surface area contributed by atoms with Gasteiger partial charge in [-0.2, -0.15) is 0 Å². The molecular weight excluding hydrogens is 370 g/mol. The fraction of sp³-hybridized carbons (Fsp3) is 0.524. The molecule has 1 aliphatic rings. The Labute approximate surface area is 171 Å². The monoisotopic (exact) mass is 399 g/mol. The molecule has 0 unspecified atom stereocenters. The van der Waals surface area contributed by atoms with Gasteiger partial charge in [0.15, 0.2) is 5.69 Å². The molecule has 8 heteroatoms. The summed E-state index contributed by atoms with van der Waals surface area (Å²) in [6.07, 6.45) is 3.50. The highest BCUT2D eigenvalue weighted by Crippen LogP contribution is 2.18. The summed E-state index contributed by atoms with van der Waals surface area (Å²) in [4.78, 5) is 47.6. The first-order valence-electron chi connectivity index (χ1n) is 10.3. The maximum absolute atomic E-state index is 13.2. The summed E-state index contributed by atoms with van der Waals surface area (Å²) < 4.78 is 1.71. The van der Waals surface area contributed by atoms with Crippen molar-refractivity contribution in [2.24, 2.45) is 0 Å². The quantitative estimate of drug-likeness (QED) is 0.743. The van der Waals surface area contributed by atoms with Crippen LogP contribution < -0.4 is 0 Å². The van der Waals surface area contributed by atoms with Gasteiger partial charge in [0.25, 0.3) is 11.8 Å². The second kappa shape index (κ2) is 9.07. The number of amides is 3. The SMILES string of the molecule is CCCN(CCC)C(=O)c1nc(C(=O)N2CCN(C(C)=O)CC2)c2ccccn12. The highest BCUT2D eigenvalue weighted by atomic mass is 16.2. The molecule has 156 valence electrons. The van der Waals surface area contributed by atoms with Crippen LogP contribution in [0.4, 0.5) is 0 Å². The summed E-state index contributed by atoms with van der Waals surface area (Å²) in [7, 11) is 0. The maximum Gasteiger partial charge on any atom is 0.290 e. The number of aromatic nitrogens is 2. The van der Waals surface area contributed by atoms with Gasteiger partial charge in [0, 0.05) is 52.4 Å². The molecule has 8 nitrogen and oxygen atoms in total. The summed E-state index contributed by atoms with van der Waals surface area (Å²) in [6, 6.07) is 5.48. The number of fused-ring (bicyclic) bond motifs is 1. The van der Waals surface area contributed by atoms with Crippen molar-refractivity contribution in [2.45, 2.75) is 33.6 Å². The van der Waals surface area contributed by atoms with E-state index in [1.54, 1.807) is 25.3 Å². The van der Waals surface area contributed by atoms with Crippen LogP contribution >= 0.6 is 0 Å². The van der Waals surface area contributed by atoms with Gasteiger partial charge in [-0.25, -0.2) is 4.98 Å². The molecule has 0 radical (unpaired) electrons. The molecule has 3 heterocycles. The number of piperazine rings is 1. The molecule has 29 heavy (non-hydrogen) atoms. The van der Waals surface area contributed by atoms with Gasteiger partial charge in [-0.05, 0) is 25.0 Å². The van der Waals surface area contributed by atoms with Crippen LogP contribution in [-0.4, -0.2) is 81.1 Å². The van der Waals surface area contributed by atoms with E-state index in [0.717, 1.165) is 12.8 Å². The molecule has 2 aromatic heterocycles. The van der Waals surface area contributed by atoms with Gasteiger partial charge in [-0.1, -0.05) is 19.9 Å². The van der Waals surface area contributed by atoms with Crippen molar-refractivity contribution < 1.29 is 14.4 Å². The second-order valence-corrected chi connectivity index (χ2v) is 7.33. The normalized spacial score (nSPS) is 14.3. The van der Waals surface area contributed by atoms with Crippen molar-refractivity contribution >= 4 is 23.2 Å². The van der Waals surface area contributed by atoms with Gasteiger partial charge in [0.2, 0.25) is 11.7 Å². The Hall–Kier alpha value is -2.90. The number of pyridine rings is 1. The fourth-order valence-electron chi connectivity index (χ4n) is 3.72. The Morgan fingerprint density at radius 2 is 1.62 bits per heavy atom. The number of hydrogen-bond donors (Lipinski definition) is 0. The molecule has 1 aliphatic heterocycles. The average Bonchev–Trinajstić information content (AvgIpc) is 3.12. The van der Waals surface area contributed by atoms with E-state index in [9.17, 15) is 14.4 Å². The molecule has 0 saturated carbocycles. The van der Waals surface area contributed by atoms with Crippen molar-refractivity contribution in [3.63, 3.8) is 0 Å². The predicted octanol–water partition coefficient (Wildman–Crippen LogP) is 1.90. The van der Waals surface area contributed by atoms with E-state index in [0.29, 0.717) is 44.8 Å². The number of carbonyl (C=O) groups is 3. The van der Waals surface area contributed by atoms with E-state index < -0.39 is 0 Å². The smallest absolute Gasteiger partial charge is 0.290 e. The van der Waals surface area contributed by atoms with Gasteiger partial charge in [-0.3, -0.25) is 18.8 Å². The van der Waals surface area contributed by atoms with Crippen LogP contribution in [0, 0.1) is 0 Å². The highest BCUT2D eigenvalue weighted by Gasteiger charge is 2.29. The minimum absolute atomic E-state index is 0.0179. The standard InChI is InChI=1S/C21H29N5O3/c1-4-9-24(10-5-2)21(29)19-22-18(17-8-6-7-11-26(17)19)20(28)25-14-12-23(13-15-25)16(3)27/h6-8,11H,4-5,9-10,12-15H2,1-3H3. The zero-order chi connectivity index (χ0) is 21.0. The Morgan fingerprint density at radius 3 is 2.21 bits per heavy atom. The zero-order valence-corrected chi connectivity index (χ0v) is 17.4. The molecule has 3 amide bonds. The van der Waals surface area contributed by atoms with E-state index in [4.69, 9.17) is 0 Å². The van der Waals surface area contributed by atoms with Gasteiger partial charge in [0.05, 0.1) is 5.52 Å². The first-order valence-corrected chi connectivity index (χ1v) is 10.3. The van der Waals surface area contributed by atoms with Gasteiger partial charge < -0.3 is 14.7 Å². The number of imidazole rings is 1. The van der Waals surface area contributed by atoms with Crippen molar-refractivity contribution in [3.8, 4) is 0 Å². The minimum atomic E-state index is -0.200. The Kier molecular flexibility index (Phi) is 6.51. The molecule has 0 aliphatic carbocycles. The summed E-state index contributed by atoms with van der Waals surface area (Å²) in [5.41, 5.74) is 0.918. The molecule has 3 rings (SSSR count). The largest absolute Gasteiger partial charge is 0.339 e. The second-order valence-electron chi connectivity index (χ2n) is 7.33. The first-order chi connectivity index (χ1) is 14.0. The molecule has 0 spiro atoms. The van der Waals surface area contributed by atoms with E-state index in [-0.39, 0.29) is 29.2 Å². The minimum Gasteiger partial charge on any atom is -0.339 e. The van der Waals surface area contributed by atoms with Gasteiger partial charge >= 0.3 is 0 Å². The van der Waals surface area contributed by atoms with Crippen molar-refractivity contribution in [1.82, 2.24) is 24.1 Å². The molecular formula is C21H29N5O3. The van der Waals surface area contributed by atoms with Crippen LogP contribution in [0.25, 0.3) is 5.52 Å². The van der Waals surface area contributed by atoms with Crippen LogP contribution in [0.2, 0.25) is 0 Å². The Balaban J connectivity index is 1.91. The van der Waals surface area contributed by atoms with Crippen molar-refractivity contribution in [3.05, 3.63) is 35.9 Å². The highest BCUT2D eigenvalue weighted by molar-refractivity contribution is 6.02. The number of rotatable bonds is 6. The molecule has 0 bridgehead atoms. The van der Waals surface area contributed by atoms with Gasteiger partial charge in [-0.15, -0.1) is 0 Å². The third kappa shape index (κ3) is 4.26. The lowest BCUT2D eigenvalue weighted by atomic mass is 10.2. The predicted molar refractivity (Wildman–Crippen MR) is 110 cm³/mol. The lowest BCUT2D eigenvalue weighted by Crippen LogP contribution is -2.50. The molecule has 0 atom stereocenters. The van der Waals surface area contributed by atoms with Crippen LogP contribution in [0.15, 0.2) is 24.4 Å². The van der Waals surface area contributed by atoms with E-state index >= 15 is 0 Å². The van der Waals surface area contributed by atoms with Crippen molar-refractivity contribution in [1.29, 1.82) is 0 Å². The molecule has 2 aromatic rings. The number of carbonyl (C=O) groups excluding carboxylic acids is 3. The van der Waals surface area contributed by atoms with E-state index in [1.165, 1.54) is 6.92 Å². The summed E-state index contributed by atoms with van der Waals surface area (Å²) >= 11 is 0. The molecule has 1 fully saturated rings. The zero-order valence-electron chi connectivity index (χ0n) is 17.4. The van der Waals surface area contributed by atoms with E-state index in [1.807, 2.05) is 32.0 Å². The summed E-state index contributed by atoms with van der Waals surface area (Å²) in [6.45, 7) is 8.88. The lowest BCUT2D eigenvalue weighted by Gasteiger charge is -2.33. The third-order valence-electron chi connectivity index (χ3n) is 5.23. The van der Waals surface area contributed by atoms with Crippen molar-refractivity contribution in [2.75, 3.05) is 39.3 Å². The molecule has 1 saturated heterocycles. The van der Waals surface area contributed by atoms with Gasteiger partial charge in [0.1, 0.15) is 0 Å². The van der Waals surface area contributed by atoms with Crippen LogP contribution in [0.5, 0.6) is 0 Å². The fourth-order valence-corrected chi connectivity index (χ4v) is 3.72. The lowest BCUT2D eigenvalue weighted by molar-refractivity contribution is -0.130. The Morgan fingerprint density at radius 1 is 1.00 bits per heavy atom. The number of nitrogens with zero attached hydrogens (tertiary/aromatic N) is 5. The molecule has 0 N–H and O–H groups in total. The van der Waals surface area contributed by atoms with Crippen LogP contribution in [0.3, 0.4) is 0 Å². The Bertz CT molecular complexity index is 893. The molecule has 0 aromatic carbocycles. The summed E-state index contributed by atoms with van der Waals surface area (Å²) in [5.74, 6) is -0.0681. The maximum atomic E-state index is 13.2. The van der Waals surface area contributed by atoms with Crippen LogP contribution in [0.1, 0.15) is 54.7 Å². The average molecular weight is 399 g/mol. The van der Waals surface area contributed by atoms with Crippen LogP contribution in [-0.2, 0) is 4.79 Å². The third-order valence-corrected chi connectivity index (χ3v) is 5.23. The van der Waals surface area contributed by atoms with E-state index in [2.05, 4.69) is 4.98 Å². The first kappa shape index (κ1) is 20.8. The summed E-state index contributed by atoms with van der Waals surface area (Å²) in [5, 5.41) is 0.